The predicted molar refractivity (Wildman–Crippen MR) is 114 cm³/mol. The number of thiazole rings is 1. The first-order valence-electron chi connectivity index (χ1n) is 8.86. The molecule has 0 atom stereocenters. The number of para-hydroxylation sites is 1. The van der Waals surface area contributed by atoms with E-state index in [9.17, 15) is 4.79 Å². The van der Waals surface area contributed by atoms with Crippen molar-refractivity contribution in [1.29, 1.82) is 0 Å². The van der Waals surface area contributed by atoms with Crippen molar-refractivity contribution in [2.24, 2.45) is 0 Å². The highest BCUT2D eigenvalue weighted by atomic mass is 32.1. The topological polar surface area (TPSA) is 42.0 Å². The number of nitrogens with zero attached hydrogens (tertiary/aromatic N) is 1. The maximum absolute atomic E-state index is 12.6. The third-order valence-electron chi connectivity index (χ3n) is 4.50. The van der Waals surface area contributed by atoms with Crippen LogP contribution in [0.5, 0.6) is 0 Å². The lowest BCUT2D eigenvalue weighted by molar-refractivity contribution is 0.102. The largest absolute Gasteiger partial charge is 0.322 e. The quantitative estimate of drug-likeness (QED) is 0.469. The lowest BCUT2D eigenvalue weighted by atomic mass is 10.1. The van der Waals surface area contributed by atoms with Crippen LogP contribution in [0.3, 0.4) is 0 Å². The molecule has 1 heterocycles. The number of nitrogens with one attached hydrogen (secondary N) is 1. The third kappa shape index (κ3) is 3.62. The van der Waals surface area contributed by atoms with Crippen LogP contribution in [0.15, 0.2) is 60.7 Å². The Balaban J connectivity index is 1.60. The van der Waals surface area contributed by atoms with E-state index in [1.54, 1.807) is 11.3 Å². The summed E-state index contributed by atoms with van der Waals surface area (Å²) >= 11 is 1.68. The zero-order chi connectivity index (χ0) is 19.0. The molecule has 0 aliphatic heterocycles. The van der Waals surface area contributed by atoms with E-state index in [4.69, 9.17) is 4.98 Å². The lowest BCUT2D eigenvalue weighted by Crippen LogP contribution is -2.13. The molecular weight excluding hydrogens is 352 g/mol. The molecule has 27 heavy (non-hydrogen) atoms. The van der Waals surface area contributed by atoms with Gasteiger partial charge in [-0.3, -0.25) is 4.79 Å². The van der Waals surface area contributed by atoms with Crippen LogP contribution in [0.1, 0.15) is 27.0 Å². The molecule has 0 fully saturated rings. The van der Waals surface area contributed by atoms with Gasteiger partial charge in [-0.05, 0) is 68.8 Å². The minimum Gasteiger partial charge on any atom is -0.322 e. The molecule has 1 aromatic heterocycles. The second kappa shape index (κ2) is 6.97. The zero-order valence-electron chi connectivity index (χ0n) is 15.5. The van der Waals surface area contributed by atoms with Gasteiger partial charge in [-0.1, -0.05) is 29.3 Å². The van der Waals surface area contributed by atoms with Crippen molar-refractivity contribution in [3.05, 3.63) is 82.9 Å². The molecule has 0 radical (unpaired) electrons. The minimum atomic E-state index is -0.0855. The first-order valence-corrected chi connectivity index (χ1v) is 9.67. The van der Waals surface area contributed by atoms with Gasteiger partial charge < -0.3 is 5.32 Å². The standard InChI is InChI=1S/C23H20N2OS/c1-14-10-15(2)12-18(11-14)22(26)24-19-9-8-17(13-16(19)3)23-25-20-6-4-5-7-21(20)27-23/h4-13H,1-3H3,(H,24,26). The number of fused-ring (bicyclic) bond motifs is 1. The molecule has 4 aromatic rings. The maximum Gasteiger partial charge on any atom is 0.255 e. The highest BCUT2D eigenvalue weighted by Crippen LogP contribution is 2.32. The van der Waals surface area contributed by atoms with Gasteiger partial charge in [0.05, 0.1) is 10.2 Å². The van der Waals surface area contributed by atoms with Crippen LogP contribution in [0.4, 0.5) is 5.69 Å². The molecule has 134 valence electrons. The van der Waals surface area contributed by atoms with Gasteiger partial charge in [0.15, 0.2) is 0 Å². The molecule has 3 aromatic carbocycles. The predicted octanol–water partition coefficient (Wildman–Crippen LogP) is 6.14. The van der Waals surface area contributed by atoms with E-state index in [2.05, 4.69) is 23.5 Å². The molecule has 4 heteroatoms. The Morgan fingerprint density at radius 2 is 1.67 bits per heavy atom. The number of aryl methyl sites for hydroxylation is 3. The number of hydrogen-bond donors (Lipinski definition) is 1. The van der Waals surface area contributed by atoms with Crippen LogP contribution in [-0.2, 0) is 0 Å². The third-order valence-corrected chi connectivity index (χ3v) is 5.58. The molecular formula is C23H20N2OS. The van der Waals surface area contributed by atoms with Gasteiger partial charge in [-0.2, -0.15) is 0 Å². The summed E-state index contributed by atoms with van der Waals surface area (Å²) in [4.78, 5) is 17.3. The Morgan fingerprint density at radius 1 is 0.926 bits per heavy atom. The van der Waals surface area contributed by atoms with E-state index in [0.29, 0.717) is 5.56 Å². The number of hydrogen-bond acceptors (Lipinski definition) is 3. The normalized spacial score (nSPS) is 10.9. The van der Waals surface area contributed by atoms with Crippen LogP contribution < -0.4 is 5.32 Å². The van der Waals surface area contributed by atoms with Crippen LogP contribution in [0.2, 0.25) is 0 Å². The van der Waals surface area contributed by atoms with Gasteiger partial charge >= 0.3 is 0 Å². The number of carbonyl (C=O) groups is 1. The highest BCUT2D eigenvalue weighted by molar-refractivity contribution is 7.21. The van der Waals surface area contributed by atoms with E-state index in [1.165, 1.54) is 4.70 Å². The van der Waals surface area contributed by atoms with Crippen molar-refractivity contribution in [2.75, 3.05) is 5.32 Å². The highest BCUT2D eigenvalue weighted by Gasteiger charge is 2.11. The fourth-order valence-corrected chi connectivity index (χ4v) is 4.19. The van der Waals surface area contributed by atoms with E-state index in [1.807, 2.05) is 63.2 Å². The SMILES string of the molecule is Cc1cc(C)cc(C(=O)Nc2ccc(-c3nc4ccccc4s3)cc2C)c1. The number of rotatable bonds is 3. The fourth-order valence-electron chi connectivity index (χ4n) is 3.23. The molecule has 0 aliphatic carbocycles. The summed E-state index contributed by atoms with van der Waals surface area (Å²) in [6.45, 7) is 6.01. The first-order chi connectivity index (χ1) is 13.0. The van der Waals surface area contributed by atoms with Crippen molar-refractivity contribution < 1.29 is 4.79 Å². The first kappa shape index (κ1) is 17.4. The average Bonchev–Trinajstić information content (AvgIpc) is 3.06. The van der Waals surface area contributed by atoms with Gasteiger partial charge in [-0.15, -0.1) is 11.3 Å². The monoisotopic (exact) mass is 372 g/mol. The summed E-state index contributed by atoms with van der Waals surface area (Å²) in [7, 11) is 0. The smallest absolute Gasteiger partial charge is 0.255 e. The number of amides is 1. The summed E-state index contributed by atoms with van der Waals surface area (Å²) < 4.78 is 1.18. The fraction of sp³-hybridized carbons (Fsp3) is 0.130. The summed E-state index contributed by atoms with van der Waals surface area (Å²) in [5.41, 5.74) is 6.78. The molecule has 0 spiro atoms. The molecule has 0 bridgehead atoms. The number of aromatic nitrogens is 1. The van der Waals surface area contributed by atoms with E-state index >= 15 is 0 Å². The molecule has 0 saturated heterocycles. The molecule has 0 saturated carbocycles. The minimum absolute atomic E-state index is 0.0855. The second-order valence-electron chi connectivity index (χ2n) is 6.85. The summed E-state index contributed by atoms with van der Waals surface area (Å²) in [5, 5.41) is 4.02. The van der Waals surface area contributed by atoms with Crippen LogP contribution in [0, 0.1) is 20.8 Å². The zero-order valence-corrected chi connectivity index (χ0v) is 16.4. The Labute approximate surface area is 162 Å². The van der Waals surface area contributed by atoms with Crippen LogP contribution in [0.25, 0.3) is 20.8 Å². The Hall–Kier alpha value is -2.98. The summed E-state index contributed by atoms with van der Waals surface area (Å²) in [6.07, 6.45) is 0. The molecule has 3 nitrogen and oxygen atoms in total. The van der Waals surface area contributed by atoms with Crippen molar-refractivity contribution >= 4 is 33.1 Å². The van der Waals surface area contributed by atoms with Crippen molar-refractivity contribution in [2.45, 2.75) is 20.8 Å². The van der Waals surface area contributed by atoms with E-state index < -0.39 is 0 Å². The Kier molecular flexibility index (Phi) is 4.50. The summed E-state index contributed by atoms with van der Waals surface area (Å²) in [5.74, 6) is -0.0855. The lowest BCUT2D eigenvalue weighted by Gasteiger charge is -2.10. The molecule has 1 amide bonds. The Bertz CT molecular complexity index is 1110. The van der Waals surface area contributed by atoms with Gasteiger partial charge in [0.2, 0.25) is 0 Å². The van der Waals surface area contributed by atoms with Crippen molar-refractivity contribution in [3.8, 4) is 10.6 Å². The maximum atomic E-state index is 12.6. The second-order valence-corrected chi connectivity index (χ2v) is 7.88. The average molecular weight is 372 g/mol. The van der Waals surface area contributed by atoms with Gasteiger partial charge in [0.25, 0.3) is 5.91 Å². The summed E-state index contributed by atoms with van der Waals surface area (Å²) in [6, 6.07) is 20.1. The van der Waals surface area contributed by atoms with Crippen LogP contribution in [-0.4, -0.2) is 10.9 Å². The Morgan fingerprint density at radius 3 is 2.37 bits per heavy atom. The number of benzene rings is 3. The molecule has 0 aliphatic rings. The number of anilines is 1. The van der Waals surface area contributed by atoms with Gasteiger partial charge in [-0.25, -0.2) is 4.98 Å². The number of carbonyl (C=O) groups excluding carboxylic acids is 1. The van der Waals surface area contributed by atoms with E-state index in [-0.39, 0.29) is 5.91 Å². The van der Waals surface area contributed by atoms with Gasteiger partial charge in [0, 0.05) is 16.8 Å². The molecule has 4 rings (SSSR count). The van der Waals surface area contributed by atoms with Crippen molar-refractivity contribution in [1.82, 2.24) is 4.98 Å². The van der Waals surface area contributed by atoms with Crippen LogP contribution >= 0.6 is 11.3 Å². The molecule has 0 unspecified atom stereocenters. The van der Waals surface area contributed by atoms with E-state index in [0.717, 1.165) is 38.5 Å². The molecule has 1 N–H and O–H groups in total. The van der Waals surface area contributed by atoms with Crippen molar-refractivity contribution in [3.63, 3.8) is 0 Å². The van der Waals surface area contributed by atoms with Gasteiger partial charge in [0.1, 0.15) is 5.01 Å².